The second kappa shape index (κ2) is 10.1. The molecule has 0 aromatic heterocycles. The van der Waals surface area contributed by atoms with Crippen molar-refractivity contribution in [3.8, 4) is 0 Å². The van der Waals surface area contributed by atoms with Crippen LogP contribution in [-0.4, -0.2) is 65.4 Å². The quantitative estimate of drug-likeness (QED) is 0.188. The monoisotopic (exact) mass is 404 g/mol. The third-order valence-electron chi connectivity index (χ3n) is 3.49. The van der Waals surface area contributed by atoms with Crippen molar-refractivity contribution in [2.75, 3.05) is 26.3 Å². The van der Waals surface area contributed by atoms with Crippen molar-refractivity contribution in [1.82, 2.24) is 4.90 Å². The maximum absolute atomic E-state index is 12.1. The number of rotatable bonds is 10. The molecule has 0 bridgehead atoms. The predicted molar refractivity (Wildman–Crippen MR) is 81.8 cm³/mol. The molecule has 2 N–H and O–H groups in total. The molecular weight excluding hydrogens is 384 g/mol. The number of aliphatic hydroxyl groups excluding tert-OH is 1. The lowest BCUT2D eigenvalue weighted by Gasteiger charge is -2.25. The van der Waals surface area contributed by atoms with Crippen molar-refractivity contribution in [2.45, 2.75) is 44.0 Å². The third kappa shape index (κ3) is 8.84. The highest BCUT2D eigenvalue weighted by Gasteiger charge is 2.36. The molecule has 0 spiro atoms. The Morgan fingerprint density at radius 3 is 2.73 bits per heavy atom. The van der Waals surface area contributed by atoms with Gasteiger partial charge in [-0.2, -0.15) is 13.2 Å². The second-order valence-electron chi connectivity index (χ2n) is 5.61. The molecule has 14 heteroatoms. The molecule has 1 amide bonds. The van der Waals surface area contributed by atoms with E-state index in [9.17, 15) is 32.5 Å². The van der Waals surface area contributed by atoms with Gasteiger partial charge in [0.05, 0.1) is 31.8 Å². The van der Waals surface area contributed by atoms with E-state index in [1.165, 1.54) is 4.90 Å². The van der Waals surface area contributed by atoms with Gasteiger partial charge >= 0.3 is 14.0 Å². The van der Waals surface area contributed by atoms with Crippen molar-refractivity contribution in [3.05, 3.63) is 10.4 Å². The second-order valence-corrected chi connectivity index (χ2v) is 7.06. The topological polar surface area (TPSA) is 145 Å². The van der Waals surface area contributed by atoms with Crippen LogP contribution in [0.1, 0.15) is 25.7 Å². The summed E-state index contributed by atoms with van der Waals surface area (Å²) in [5, 5.41) is 13.0. The van der Waals surface area contributed by atoms with Gasteiger partial charge in [-0.1, -0.05) is 5.11 Å². The lowest BCUT2D eigenvalue weighted by Crippen LogP contribution is -2.38. The molecule has 1 aliphatic heterocycles. The summed E-state index contributed by atoms with van der Waals surface area (Å²) in [5.74, 6) is -0.367. The first-order valence-corrected chi connectivity index (χ1v) is 9.20. The molecule has 2 unspecified atom stereocenters. The molecule has 0 aliphatic carbocycles. The van der Waals surface area contributed by atoms with Crippen LogP contribution in [0.2, 0.25) is 0 Å². The number of halogens is 3. The van der Waals surface area contributed by atoms with E-state index in [4.69, 9.17) is 5.53 Å². The van der Waals surface area contributed by atoms with E-state index in [0.717, 1.165) is 0 Å². The standard InChI is InChI=1S/C12H20F3N4O6P/c13-12(14,15)3-5-24-26(22,23)25-8-9-6-10(20)7-19(9)11(21)2-1-4-17-18-16/h9-10,20H,1-8H2,(H,22,23)/t9-,10?/m0/s1. The summed E-state index contributed by atoms with van der Waals surface area (Å²) >= 11 is 0. The minimum absolute atomic E-state index is 0.000953. The largest absolute Gasteiger partial charge is 0.472 e. The molecule has 1 aliphatic rings. The number of β-amino-alcohol motifs (C(OH)–C–C–N with tert-alkyl or cyclic N) is 1. The van der Waals surface area contributed by atoms with Crippen molar-refractivity contribution < 1.29 is 41.6 Å². The number of nitrogens with zero attached hydrogens (tertiary/aromatic N) is 4. The average molecular weight is 404 g/mol. The Hall–Kier alpha value is -1.36. The third-order valence-corrected chi connectivity index (χ3v) is 4.48. The number of alkyl halides is 3. The predicted octanol–water partition coefficient (Wildman–Crippen LogP) is 2.12. The van der Waals surface area contributed by atoms with E-state index in [1.54, 1.807) is 0 Å². The van der Waals surface area contributed by atoms with Crippen LogP contribution in [0.4, 0.5) is 13.2 Å². The van der Waals surface area contributed by atoms with Crippen LogP contribution in [0.15, 0.2) is 5.11 Å². The summed E-state index contributed by atoms with van der Waals surface area (Å²) in [7, 11) is -4.71. The van der Waals surface area contributed by atoms with Crippen LogP contribution < -0.4 is 0 Å². The zero-order chi connectivity index (χ0) is 19.8. The lowest BCUT2D eigenvalue weighted by atomic mass is 10.2. The lowest BCUT2D eigenvalue weighted by molar-refractivity contribution is -0.140. The summed E-state index contributed by atoms with van der Waals surface area (Å²) < 4.78 is 56.5. The minimum Gasteiger partial charge on any atom is -0.391 e. The molecule has 1 rings (SSSR count). The van der Waals surface area contributed by atoms with Crippen LogP contribution in [-0.2, 0) is 18.4 Å². The number of likely N-dealkylation sites (tertiary alicyclic amines) is 1. The molecule has 0 aromatic carbocycles. The summed E-state index contributed by atoms with van der Waals surface area (Å²) in [4.78, 5) is 25.3. The highest BCUT2D eigenvalue weighted by molar-refractivity contribution is 7.47. The molecule has 10 nitrogen and oxygen atoms in total. The van der Waals surface area contributed by atoms with Crippen LogP contribution in [0.5, 0.6) is 0 Å². The maximum atomic E-state index is 12.1. The first kappa shape index (κ1) is 22.7. The Morgan fingerprint density at radius 1 is 1.42 bits per heavy atom. The normalized spacial score (nSPS) is 22.7. The fourth-order valence-electron chi connectivity index (χ4n) is 2.34. The summed E-state index contributed by atoms with van der Waals surface area (Å²) in [6.45, 7) is -1.39. The molecule has 0 saturated carbocycles. The molecule has 150 valence electrons. The fraction of sp³-hybridized carbons (Fsp3) is 0.917. The molecule has 0 radical (unpaired) electrons. The number of hydrogen-bond donors (Lipinski definition) is 2. The molecule has 0 aromatic rings. The molecule has 1 saturated heterocycles. The first-order chi connectivity index (χ1) is 12.0. The van der Waals surface area contributed by atoms with Gasteiger partial charge in [-0.05, 0) is 18.4 Å². The Morgan fingerprint density at radius 2 is 2.12 bits per heavy atom. The number of phosphoric acid groups is 1. The number of aliphatic hydroxyl groups is 1. The number of phosphoric ester groups is 1. The van der Waals surface area contributed by atoms with Crippen LogP contribution in [0.25, 0.3) is 10.4 Å². The van der Waals surface area contributed by atoms with Gasteiger partial charge in [-0.25, -0.2) is 4.57 Å². The zero-order valence-corrected chi connectivity index (χ0v) is 14.6. The maximum Gasteiger partial charge on any atom is 0.472 e. The van der Waals surface area contributed by atoms with Crippen LogP contribution in [0, 0.1) is 0 Å². The summed E-state index contributed by atoms with van der Waals surface area (Å²) in [6.07, 6.45) is -6.37. The van der Waals surface area contributed by atoms with Crippen molar-refractivity contribution in [3.63, 3.8) is 0 Å². The number of carbonyl (C=O) groups is 1. The van der Waals surface area contributed by atoms with Gasteiger partial charge in [-0.15, -0.1) is 0 Å². The number of carbonyl (C=O) groups excluding carboxylic acids is 1. The highest BCUT2D eigenvalue weighted by Crippen LogP contribution is 2.44. The van der Waals surface area contributed by atoms with Gasteiger partial charge in [0.15, 0.2) is 0 Å². The number of amides is 1. The van der Waals surface area contributed by atoms with E-state index >= 15 is 0 Å². The number of hydrogen-bond acceptors (Lipinski definition) is 6. The van der Waals surface area contributed by atoms with Gasteiger partial charge < -0.3 is 14.9 Å². The molecule has 1 heterocycles. The zero-order valence-electron chi connectivity index (χ0n) is 13.7. The highest BCUT2D eigenvalue weighted by atomic mass is 31.2. The van der Waals surface area contributed by atoms with E-state index < -0.39 is 45.8 Å². The van der Waals surface area contributed by atoms with Crippen LogP contribution in [0.3, 0.4) is 0 Å². The Labute approximate surface area is 147 Å². The van der Waals surface area contributed by atoms with Crippen LogP contribution >= 0.6 is 7.82 Å². The number of azide groups is 1. The first-order valence-electron chi connectivity index (χ1n) is 7.71. The van der Waals surface area contributed by atoms with Gasteiger partial charge in [0.2, 0.25) is 5.91 Å². The fourth-order valence-corrected chi connectivity index (χ4v) is 3.10. The van der Waals surface area contributed by atoms with Gasteiger partial charge in [0.25, 0.3) is 0 Å². The smallest absolute Gasteiger partial charge is 0.391 e. The summed E-state index contributed by atoms with van der Waals surface area (Å²) in [6, 6.07) is -0.719. The van der Waals surface area contributed by atoms with E-state index in [1.807, 2.05) is 0 Å². The van der Waals surface area contributed by atoms with Gasteiger partial charge in [0, 0.05) is 24.4 Å². The minimum atomic E-state index is -4.71. The van der Waals surface area contributed by atoms with Gasteiger partial charge in [0.1, 0.15) is 0 Å². The SMILES string of the molecule is [N-]=[N+]=NCCCC(=O)N1CC(O)C[C@H]1COP(=O)(O)OCCC(F)(F)F. The van der Waals surface area contributed by atoms with Crippen molar-refractivity contribution in [1.29, 1.82) is 0 Å². The Balaban J connectivity index is 2.48. The molecule has 3 atom stereocenters. The van der Waals surface area contributed by atoms with Crippen molar-refractivity contribution >= 4 is 13.7 Å². The van der Waals surface area contributed by atoms with E-state index in [0.29, 0.717) is 6.42 Å². The summed E-state index contributed by atoms with van der Waals surface area (Å²) in [5.41, 5.74) is 8.16. The Kier molecular flexibility index (Phi) is 8.81. The molecule has 1 fully saturated rings. The Bertz CT molecular complexity index is 572. The molecular formula is C12H20F3N4O6P. The van der Waals surface area contributed by atoms with Gasteiger partial charge in [-0.3, -0.25) is 13.8 Å². The van der Waals surface area contributed by atoms with E-state index in [-0.39, 0.29) is 31.8 Å². The van der Waals surface area contributed by atoms with E-state index in [2.05, 4.69) is 19.1 Å². The average Bonchev–Trinajstić information content (AvgIpc) is 2.89. The van der Waals surface area contributed by atoms with Crippen molar-refractivity contribution in [2.24, 2.45) is 5.11 Å². The molecule has 26 heavy (non-hydrogen) atoms.